The van der Waals surface area contributed by atoms with E-state index in [1.54, 1.807) is 18.7 Å². The predicted molar refractivity (Wildman–Crippen MR) is 87.3 cm³/mol. The summed E-state index contributed by atoms with van der Waals surface area (Å²) in [6.45, 7) is 3.96. The van der Waals surface area contributed by atoms with Crippen LogP contribution in [0.4, 0.5) is 11.6 Å². The van der Waals surface area contributed by atoms with Gasteiger partial charge in [0.25, 0.3) is 0 Å². The average Bonchev–Trinajstić information content (AvgIpc) is 2.55. The van der Waals surface area contributed by atoms with E-state index in [9.17, 15) is 0 Å². The van der Waals surface area contributed by atoms with Crippen molar-refractivity contribution in [3.8, 4) is 0 Å². The Hall–Kier alpha value is -2.24. The molecule has 22 heavy (non-hydrogen) atoms. The molecular weight excluding hydrogens is 276 g/mol. The van der Waals surface area contributed by atoms with Crippen molar-refractivity contribution in [1.82, 2.24) is 19.9 Å². The molecular formula is C16H22N6. The second kappa shape index (κ2) is 6.25. The lowest BCUT2D eigenvalue weighted by molar-refractivity contribution is 0.497. The first-order valence-corrected chi connectivity index (χ1v) is 7.67. The second-order valence-corrected chi connectivity index (χ2v) is 5.96. The summed E-state index contributed by atoms with van der Waals surface area (Å²) in [5.74, 6) is 2.36. The molecule has 6 heteroatoms. The summed E-state index contributed by atoms with van der Waals surface area (Å²) in [4.78, 5) is 22.1. The van der Waals surface area contributed by atoms with Crippen LogP contribution in [0.15, 0.2) is 24.8 Å². The van der Waals surface area contributed by atoms with Crippen molar-refractivity contribution < 1.29 is 0 Å². The number of anilines is 2. The van der Waals surface area contributed by atoms with Crippen LogP contribution in [0.1, 0.15) is 30.1 Å². The fourth-order valence-electron chi connectivity index (χ4n) is 3.00. The molecule has 1 fully saturated rings. The molecule has 2 aromatic rings. The maximum absolute atomic E-state index is 4.61. The molecule has 0 spiro atoms. The predicted octanol–water partition coefficient (Wildman–Crippen LogP) is 2.03. The van der Waals surface area contributed by atoms with Gasteiger partial charge in [-0.2, -0.15) is 0 Å². The monoisotopic (exact) mass is 298 g/mol. The van der Waals surface area contributed by atoms with E-state index in [4.69, 9.17) is 0 Å². The highest BCUT2D eigenvalue weighted by Gasteiger charge is 2.26. The maximum atomic E-state index is 4.61. The largest absolute Gasteiger partial charge is 0.361 e. The normalized spacial score (nSPS) is 18.3. The summed E-state index contributed by atoms with van der Waals surface area (Å²) in [6, 6.07) is 2.05. The van der Waals surface area contributed by atoms with Gasteiger partial charge >= 0.3 is 0 Å². The Balaban J connectivity index is 1.85. The number of aryl methyl sites for hydroxylation is 1. The quantitative estimate of drug-likeness (QED) is 0.864. The Morgan fingerprint density at radius 2 is 1.95 bits per heavy atom. The SMILES string of the molecule is Cc1cc(N2CCCC(c3nccnc3N(C)C)C2)ncn1. The van der Waals surface area contributed by atoms with Gasteiger partial charge in [-0.05, 0) is 19.8 Å². The van der Waals surface area contributed by atoms with E-state index in [1.807, 2.05) is 32.0 Å². The van der Waals surface area contributed by atoms with Crippen LogP contribution >= 0.6 is 0 Å². The maximum Gasteiger partial charge on any atom is 0.150 e. The molecule has 0 saturated carbocycles. The van der Waals surface area contributed by atoms with E-state index in [2.05, 4.69) is 24.8 Å². The average molecular weight is 298 g/mol. The van der Waals surface area contributed by atoms with Crippen LogP contribution in [-0.4, -0.2) is 47.1 Å². The molecule has 1 aliphatic heterocycles. The molecule has 0 aromatic carbocycles. The van der Waals surface area contributed by atoms with E-state index in [0.29, 0.717) is 5.92 Å². The molecule has 3 heterocycles. The fraction of sp³-hybridized carbons (Fsp3) is 0.500. The molecule has 0 bridgehead atoms. The number of hydrogen-bond acceptors (Lipinski definition) is 6. The summed E-state index contributed by atoms with van der Waals surface area (Å²) in [7, 11) is 4.03. The van der Waals surface area contributed by atoms with Crippen molar-refractivity contribution in [3.05, 3.63) is 36.2 Å². The Labute approximate surface area is 131 Å². The molecule has 1 atom stereocenters. The van der Waals surface area contributed by atoms with Crippen molar-refractivity contribution in [1.29, 1.82) is 0 Å². The highest BCUT2D eigenvalue weighted by atomic mass is 15.2. The third-order valence-electron chi connectivity index (χ3n) is 4.05. The smallest absolute Gasteiger partial charge is 0.150 e. The molecule has 3 rings (SSSR count). The van der Waals surface area contributed by atoms with E-state index in [0.717, 1.165) is 49.0 Å². The lowest BCUT2D eigenvalue weighted by Gasteiger charge is -2.34. The van der Waals surface area contributed by atoms with Gasteiger partial charge in [-0.25, -0.2) is 15.0 Å². The van der Waals surface area contributed by atoms with Crippen LogP contribution in [-0.2, 0) is 0 Å². The molecule has 116 valence electrons. The standard InChI is InChI=1S/C16H22N6/c1-12-9-14(20-11-19-12)22-8-4-5-13(10-22)15-16(21(2)3)18-7-6-17-15/h6-7,9,11,13H,4-5,8,10H2,1-3H3. The van der Waals surface area contributed by atoms with Crippen LogP contribution in [0.25, 0.3) is 0 Å². The first kappa shape index (κ1) is 14.7. The molecule has 0 aliphatic carbocycles. The van der Waals surface area contributed by atoms with Gasteiger partial charge in [-0.15, -0.1) is 0 Å². The second-order valence-electron chi connectivity index (χ2n) is 5.96. The number of aromatic nitrogens is 4. The zero-order chi connectivity index (χ0) is 15.5. The Bertz CT molecular complexity index is 642. The van der Waals surface area contributed by atoms with Crippen molar-refractivity contribution in [2.75, 3.05) is 37.0 Å². The Morgan fingerprint density at radius 1 is 1.14 bits per heavy atom. The Morgan fingerprint density at radius 3 is 2.73 bits per heavy atom. The van der Waals surface area contributed by atoms with E-state index in [-0.39, 0.29) is 0 Å². The zero-order valence-corrected chi connectivity index (χ0v) is 13.4. The van der Waals surface area contributed by atoms with Gasteiger partial charge in [0.1, 0.15) is 18.0 Å². The first-order chi connectivity index (χ1) is 10.6. The summed E-state index contributed by atoms with van der Waals surface area (Å²) >= 11 is 0. The van der Waals surface area contributed by atoms with Gasteiger partial charge in [0.05, 0.1) is 5.69 Å². The minimum absolute atomic E-state index is 0.384. The molecule has 6 nitrogen and oxygen atoms in total. The van der Waals surface area contributed by atoms with Crippen LogP contribution in [0.3, 0.4) is 0 Å². The van der Waals surface area contributed by atoms with E-state index >= 15 is 0 Å². The van der Waals surface area contributed by atoms with Crippen molar-refractivity contribution in [2.24, 2.45) is 0 Å². The summed E-state index contributed by atoms with van der Waals surface area (Å²) in [5, 5.41) is 0. The van der Waals surface area contributed by atoms with Crippen molar-refractivity contribution in [3.63, 3.8) is 0 Å². The highest BCUT2D eigenvalue weighted by molar-refractivity contribution is 5.46. The van der Waals surface area contributed by atoms with Crippen LogP contribution in [0.5, 0.6) is 0 Å². The van der Waals surface area contributed by atoms with E-state index in [1.165, 1.54) is 0 Å². The molecule has 1 aliphatic rings. The molecule has 1 saturated heterocycles. The molecule has 0 radical (unpaired) electrons. The minimum Gasteiger partial charge on any atom is -0.361 e. The lowest BCUT2D eigenvalue weighted by atomic mass is 9.94. The molecule has 0 N–H and O–H groups in total. The fourth-order valence-corrected chi connectivity index (χ4v) is 3.00. The summed E-state index contributed by atoms with van der Waals surface area (Å²) < 4.78 is 0. The number of nitrogens with zero attached hydrogens (tertiary/aromatic N) is 6. The van der Waals surface area contributed by atoms with Crippen LogP contribution < -0.4 is 9.80 Å². The Kier molecular flexibility index (Phi) is 4.18. The number of piperidine rings is 1. The number of rotatable bonds is 3. The van der Waals surface area contributed by atoms with Gasteiger partial charge in [-0.3, -0.25) is 4.98 Å². The highest BCUT2D eigenvalue weighted by Crippen LogP contribution is 2.31. The van der Waals surface area contributed by atoms with E-state index < -0.39 is 0 Å². The third-order valence-corrected chi connectivity index (χ3v) is 4.05. The molecule has 1 unspecified atom stereocenters. The van der Waals surface area contributed by atoms with Crippen LogP contribution in [0, 0.1) is 6.92 Å². The third kappa shape index (κ3) is 3.00. The van der Waals surface area contributed by atoms with Gasteiger partial charge < -0.3 is 9.80 Å². The zero-order valence-electron chi connectivity index (χ0n) is 13.4. The lowest BCUT2D eigenvalue weighted by Crippen LogP contribution is -2.36. The van der Waals surface area contributed by atoms with Gasteiger partial charge in [-0.1, -0.05) is 0 Å². The minimum atomic E-state index is 0.384. The van der Waals surface area contributed by atoms with Gasteiger partial charge in [0.2, 0.25) is 0 Å². The van der Waals surface area contributed by atoms with Gasteiger partial charge in [0, 0.05) is 57.3 Å². The molecule has 0 amide bonds. The summed E-state index contributed by atoms with van der Waals surface area (Å²) in [6.07, 6.45) is 7.46. The van der Waals surface area contributed by atoms with Crippen molar-refractivity contribution >= 4 is 11.6 Å². The molecule has 2 aromatic heterocycles. The van der Waals surface area contributed by atoms with Crippen molar-refractivity contribution in [2.45, 2.75) is 25.7 Å². The van der Waals surface area contributed by atoms with Crippen LogP contribution in [0.2, 0.25) is 0 Å². The summed E-state index contributed by atoms with van der Waals surface area (Å²) in [5.41, 5.74) is 2.09. The van der Waals surface area contributed by atoms with Gasteiger partial charge in [0.15, 0.2) is 0 Å². The topological polar surface area (TPSA) is 58.0 Å². The first-order valence-electron chi connectivity index (χ1n) is 7.67. The number of hydrogen-bond donors (Lipinski definition) is 0.